The minimum Gasteiger partial charge on any atom is -0.493 e. The maximum atomic E-state index is 12.5. The van der Waals surface area contributed by atoms with Crippen molar-refractivity contribution in [3.05, 3.63) is 47.3 Å². The van der Waals surface area contributed by atoms with Gasteiger partial charge in [0.2, 0.25) is 0 Å². The van der Waals surface area contributed by atoms with Crippen molar-refractivity contribution < 1.29 is 23.0 Å². The quantitative estimate of drug-likeness (QED) is 0.943. The van der Waals surface area contributed by atoms with E-state index in [1.807, 2.05) is 0 Å². The van der Waals surface area contributed by atoms with Gasteiger partial charge in [-0.05, 0) is 17.7 Å². The molecule has 0 aliphatic heterocycles. The molecular weight excluding hydrogens is 273 g/mol. The van der Waals surface area contributed by atoms with Gasteiger partial charge in [-0.25, -0.2) is 0 Å². The molecule has 0 spiro atoms. The third kappa shape index (κ3) is 2.62. The van der Waals surface area contributed by atoms with Crippen LogP contribution < -0.4 is 4.74 Å². The molecule has 1 unspecified atom stereocenters. The van der Waals surface area contributed by atoms with Crippen LogP contribution in [0.1, 0.15) is 22.9 Å². The molecule has 0 fully saturated rings. The molecule has 0 bridgehead atoms. The van der Waals surface area contributed by atoms with E-state index in [-0.39, 0.29) is 0 Å². The number of methoxy groups -OCH3 is 1. The lowest BCUT2D eigenvalue weighted by Gasteiger charge is -2.14. The molecule has 1 heterocycles. The maximum absolute atomic E-state index is 12.5. The topological polar surface area (TPSA) is 47.3 Å². The molecule has 0 saturated heterocycles. The number of halogens is 3. The Hall–Kier alpha value is -2.02. The molecule has 108 valence electrons. The third-order valence-electron chi connectivity index (χ3n) is 2.98. The Kier molecular flexibility index (Phi) is 3.71. The van der Waals surface area contributed by atoms with Crippen LogP contribution in [-0.4, -0.2) is 22.0 Å². The van der Waals surface area contributed by atoms with E-state index in [1.165, 1.54) is 30.1 Å². The highest BCUT2D eigenvalue weighted by molar-refractivity contribution is 5.36. The molecule has 1 aromatic heterocycles. The molecule has 0 amide bonds. The van der Waals surface area contributed by atoms with E-state index in [2.05, 4.69) is 5.10 Å². The normalized spacial score (nSPS) is 13.3. The summed E-state index contributed by atoms with van der Waals surface area (Å²) in [5.74, 6) is 0.375. The first-order chi connectivity index (χ1) is 9.34. The Bertz CT molecular complexity index is 591. The second-order valence-electron chi connectivity index (χ2n) is 4.24. The molecule has 1 atom stereocenters. The Labute approximate surface area is 113 Å². The molecule has 0 saturated carbocycles. The van der Waals surface area contributed by atoms with Crippen molar-refractivity contribution in [2.24, 2.45) is 7.05 Å². The van der Waals surface area contributed by atoms with Gasteiger partial charge in [0.15, 0.2) is 5.75 Å². The molecule has 0 aliphatic carbocycles. The van der Waals surface area contributed by atoms with Gasteiger partial charge in [-0.1, -0.05) is 12.1 Å². The summed E-state index contributed by atoms with van der Waals surface area (Å²) in [6, 6.07) is 4.34. The lowest BCUT2D eigenvalue weighted by atomic mass is 10.0. The molecule has 2 aromatic rings. The standard InChI is InChI=1S/C13H13F3N2O2/c1-18-11(10(20-2)7-17-18)12(19)8-3-5-9(6-4-8)13(14,15)16/h3-7,12,19H,1-2H3. The fourth-order valence-corrected chi connectivity index (χ4v) is 1.91. The van der Waals surface area contributed by atoms with Crippen LogP contribution in [0.3, 0.4) is 0 Å². The highest BCUT2D eigenvalue weighted by atomic mass is 19.4. The van der Waals surface area contributed by atoms with Crippen LogP contribution in [0.2, 0.25) is 0 Å². The zero-order valence-electron chi connectivity index (χ0n) is 10.8. The number of rotatable bonds is 3. The van der Waals surface area contributed by atoms with Crippen LogP contribution in [0.5, 0.6) is 5.75 Å². The summed E-state index contributed by atoms with van der Waals surface area (Å²) in [4.78, 5) is 0. The summed E-state index contributed by atoms with van der Waals surface area (Å²) in [7, 11) is 3.05. The van der Waals surface area contributed by atoms with Gasteiger partial charge in [0.05, 0.1) is 18.9 Å². The Morgan fingerprint density at radius 1 is 1.25 bits per heavy atom. The average molecular weight is 286 g/mol. The van der Waals surface area contributed by atoms with Gasteiger partial charge in [-0.15, -0.1) is 0 Å². The van der Waals surface area contributed by atoms with Crippen molar-refractivity contribution in [1.82, 2.24) is 9.78 Å². The summed E-state index contributed by atoms with van der Waals surface area (Å²) in [6.45, 7) is 0. The van der Waals surface area contributed by atoms with E-state index < -0.39 is 17.8 Å². The number of aromatic nitrogens is 2. The van der Waals surface area contributed by atoms with Crippen molar-refractivity contribution in [2.75, 3.05) is 7.11 Å². The number of aryl methyl sites for hydroxylation is 1. The van der Waals surface area contributed by atoms with Crippen molar-refractivity contribution in [2.45, 2.75) is 12.3 Å². The molecule has 7 heteroatoms. The van der Waals surface area contributed by atoms with Crippen LogP contribution in [0.4, 0.5) is 13.2 Å². The Morgan fingerprint density at radius 2 is 1.85 bits per heavy atom. The van der Waals surface area contributed by atoms with Crippen LogP contribution in [0, 0.1) is 0 Å². The minimum atomic E-state index is -4.40. The zero-order valence-corrected chi connectivity index (χ0v) is 10.8. The Balaban J connectivity index is 2.34. The van der Waals surface area contributed by atoms with Crippen molar-refractivity contribution in [3.63, 3.8) is 0 Å². The number of hydrogen-bond donors (Lipinski definition) is 1. The number of alkyl halides is 3. The van der Waals surface area contributed by atoms with E-state index in [0.717, 1.165) is 12.1 Å². The van der Waals surface area contributed by atoms with Crippen LogP contribution >= 0.6 is 0 Å². The fourth-order valence-electron chi connectivity index (χ4n) is 1.91. The van der Waals surface area contributed by atoms with Crippen LogP contribution in [-0.2, 0) is 13.2 Å². The van der Waals surface area contributed by atoms with Gasteiger partial charge in [0, 0.05) is 7.05 Å². The maximum Gasteiger partial charge on any atom is 0.416 e. The molecular formula is C13H13F3N2O2. The van der Waals surface area contributed by atoms with E-state index in [9.17, 15) is 18.3 Å². The summed E-state index contributed by atoms with van der Waals surface area (Å²) < 4.78 is 43.9. The average Bonchev–Trinajstić information content (AvgIpc) is 2.78. The number of aliphatic hydroxyl groups excluding tert-OH is 1. The summed E-state index contributed by atoms with van der Waals surface area (Å²) in [6.07, 6.45) is -4.07. The van der Waals surface area contributed by atoms with E-state index in [4.69, 9.17) is 4.74 Å². The van der Waals surface area contributed by atoms with E-state index >= 15 is 0 Å². The first kappa shape index (κ1) is 14.4. The van der Waals surface area contributed by atoms with Gasteiger partial charge >= 0.3 is 6.18 Å². The number of benzene rings is 1. The Morgan fingerprint density at radius 3 is 2.35 bits per heavy atom. The van der Waals surface area contributed by atoms with Gasteiger partial charge in [0.25, 0.3) is 0 Å². The van der Waals surface area contributed by atoms with Crippen molar-refractivity contribution in [3.8, 4) is 5.75 Å². The predicted molar refractivity (Wildman–Crippen MR) is 65.3 cm³/mol. The largest absolute Gasteiger partial charge is 0.493 e. The highest BCUT2D eigenvalue weighted by Gasteiger charge is 2.30. The lowest BCUT2D eigenvalue weighted by Crippen LogP contribution is -2.09. The van der Waals surface area contributed by atoms with Gasteiger partial charge in [0.1, 0.15) is 11.8 Å². The van der Waals surface area contributed by atoms with E-state index in [1.54, 1.807) is 7.05 Å². The monoisotopic (exact) mass is 286 g/mol. The predicted octanol–water partition coefficient (Wildman–Crippen LogP) is 2.53. The van der Waals surface area contributed by atoms with Gasteiger partial charge in [-0.2, -0.15) is 18.3 Å². The number of aliphatic hydroxyl groups is 1. The van der Waals surface area contributed by atoms with Crippen molar-refractivity contribution in [1.29, 1.82) is 0 Å². The highest BCUT2D eigenvalue weighted by Crippen LogP contribution is 2.33. The van der Waals surface area contributed by atoms with Crippen molar-refractivity contribution >= 4 is 0 Å². The molecule has 1 aromatic carbocycles. The third-order valence-corrected chi connectivity index (χ3v) is 2.98. The minimum absolute atomic E-state index is 0.333. The molecule has 4 nitrogen and oxygen atoms in total. The molecule has 2 rings (SSSR count). The fraction of sp³-hybridized carbons (Fsp3) is 0.308. The smallest absolute Gasteiger partial charge is 0.416 e. The molecule has 20 heavy (non-hydrogen) atoms. The first-order valence-corrected chi connectivity index (χ1v) is 5.75. The van der Waals surface area contributed by atoms with Crippen LogP contribution in [0.25, 0.3) is 0 Å². The second-order valence-corrected chi connectivity index (χ2v) is 4.24. The number of hydrogen-bond acceptors (Lipinski definition) is 3. The zero-order chi connectivity index (χ0) is 14.9. The molecule has 1 N–H and O–H groups in total. The number of ether oxygens (including phenoxy) is 1. The van der Waals surface area contributed by atoms with Gasteiger partial charge < -0.3 is 9.84 Å². The first-order valence-electron chi connectivity index (χ1n) is 5.75. The second kappa shape index (κ2) is 5.16. The summed E-state index contributed by atoms with van der Waals surface area (Å²) in [5, 5.41) is 14.2. The van der Waals surface area contributed by atoms with Crippen LogP contribution in [0.15, 0.2) is 30.5 Å². The molecule has 0 radical (unpaired) electrons. The van der Waals surface area contributed by atoms with Gasteiger partial charge in [-0.3, -0.25) is 4.68 Å². The summed E-state index contributed by atoms with van der Waals surface area (Å²) in [5.41, 5.74) is -0.0439. The SMILES string of the molecule is COc1cnn(C)c1C(O)c1ccc(C(F)(F)F)cc1. The number of nitrogens with zero attached hydrogens (tertiary/aromatic N) is 2. The lowest BCUT2D eigenvalue weighted by molar-refractivity contribution is -0.137. The molecule has 0 aliphatic rings. The van der Waals surface area contributed by atoms with E-state index in [0.29, 0.717) is 17.0 Å². The summed E-state index contributed by atoms with van der Waals surface area (Å²) >= 11 is 0.